The minimum atomic E-state index is -3.56. The molecule has 2 aliphatic rings. The van der Waals surface area contributed by atoms with Crippen LogP contribution in [0.5, 0.6) is 0 Å². The molecule has 0 radical (unpaired) electrons. The molecule has 136 valence electrons. The van der Waals surface area contributed by atoms with Crippen molar-refractivity contribution in [1.82, 2.24) is 9.88 Å². The Kier molecular flexibility index (Phi) is 4.48. The normalized spacial score (nSPS) is 23.5. The van der Waals surface area contributed by atoms with E-state index in [1.807, 2.05) is 0 Å². The number of fused-ring (bicyclic) bond motifs is 3. The van der Waals surface area contributed by atoms with E-state index in [4.69, 9.17) is 15.1 Å². The van der Waals surface area contributed by atoms with Gasteiger partial charge in [-0.25, -0.2) is 0 Å². The molecule has 26 heavy (non-hydrogen) atoms. The summed E-state index contributed by atoms with van der Waals surface area (Å²) in [5, 5.41) is 5.94. The molecule has 1 spiro atoms. The van der Waals surface area contributed by atoms with Crippen molar-refractivity contribution < 1.29 is 15.1 Å². The Hall–Kier alpha value is -1.42. The van der Waals surface area contributed by atoms with Crippen LogP contribution in [0, 0.1) is 0 Å². The van der Waals surface area contributed by atoms with E-state index in [1.54, 1.807) is 0 Å². The molecule has 0 amide bonds. The first-order valence-corrected chi connectivity index (χ1v) is 12.5. The maximum absolute atomic E-state index is 6.35. The summed E-state index contributed by atoms with van der Waals surface area (Å²) in [5.41, 5.74) is 2.44. The van der Waals surface area contributed by atoms with Crippen LogP contribution in [0.1, 0.15) is 0 Å². The molecule has 6 nitrogen and oxygen atoms in total. The fraction of sp³-hybridized carbons (Fsp3) is 0.368. The summed E-state index contributed by atoms with van der Waals surface area (Å²) in [4.78, 5) is 0. The van der Waals surface area contributed by atoms with Crippen molar-refractivity contribution in [2.45, 2.75) is 12.6 Å². The number of aromatic nitrogens is 1. The van der Waals surface area contributed by atoms with Crippen LogP contribution in [0.15, 0.2) is 48.5 Å². The number of hydrogen-bond acceptors (Lipinski definition) is 5. The van der Waals surface area contributed by atoms with Crippen LogP contribution in [-0.2, 0) is 21.6 Å². The number of hydrogen-bond donors (Lipinski definition) is 1. The van der Waals surface area contributed by atoms with E-state index < -0.39 is 14.6 Å². The first-order chi connectivity index (χ1) is 12.8. The molecular formula is C19H22GeN2O4. The summed E-state index contributed by atoms with van der Waals surface area (Å²) in [6.45, 7) is 3.97. The van der Waals surface area contributed by atoms with E-state index in [9.17, 15) is 0 Å². The van der Waals surface area contributed by atoms with Crippen molar-refractivity contribution in [2.24, 2.45) is 0 Å². The van der Waals surface area contributed by atoms with Gasteiger partial charge in [0.15, 0.2) is 0 Å². The van der Waals surface area contributed by atoms with E-state index >= 15 is 0 Å². The van der Waals surface area contributed by atoms with Crippen LogP contribution in [0.4, 0.5) is 0 Å². The molecule has 7 heteroatoms. The number of nitrogens with one attached hydrogen (secondary N) is 1. The molecule has 1 atom stereocenters. The Morgan fingerprint density at radius 3 is 2.19 bits per heavy atom. The standard InChI is InChI=1S/C19H22GeN2O4/c1-3-7-18-16(5-1)17-6-2-4-8-19(17)22(18)14-15-13-21-9-10-23-20(26-15)24-11-12-25-20/h1-8,15,21H,9-14H2. The molecule has 0 bridgehead atoms. The third-order valence-electron chi connectivity index (χ3n) is 4.95. The van der Waals surface area contributed by atoms with E-state index in [2.05, 4.69) is 58.4 Å². The summed E-state index contributed by atoms with van der Waals surface area (Å²) < 4.78 is 26.2. The average molecular weight is 415 g/mol. The molecule has 3 heterocycles. The predicted molar refractivity (Wildman–Crippen MR) is 101 cm³/mol. The number of benzene rings is 2. The van der Waals surface area contributed by atoms with Crippen molar-refractivity contribution >= 4 is 36.4 Å². The van der Waals surface area contributed by atoms with Gasteiger partial charge >= 0.3 is 155 Å². The topological polar surface area (TPSA) is 53.9 Å². The van der Waals surface area contributed by atoms with Gasteiger partial charge in [-0.2, -0.15) is 0 Å². The molecule has 2 fully saturated rings. The van der Waals surface area contributed by atoms with Gasteiger partial charge in [0.05, 0.1) is 0 Å². The Labute approximate surface area is 155 Å². The van der Waals surface area contributed by atoms with Crippen LogP contribution in [-0.4, -0.2) is 58.2 Å². The third-order valence-corrected chi connectivity index (χ3v) is 9.76. The molecule has 5 rings (SSSR count). The van der Waals surface area contributed by atoms with Crippen LogP contribution >= 0.6 is 0 Å². The van der Waals surface area contributed by atoms with Crippen LogP contribution in [0.2, 0.25) is 0 Å². The second-order valence-corrected chi connectivity index (χ2v) is 11.0. The quantitative estimate of drug-likeness (QED) is 0.652. The molecule has 0 aliphatic carbocycles. The Bertz CT molecular complexity index is 869. The maximum atomic E-state index is 6.35. The van der Waals surface area contributed by atoms with Crippen molar-refractivity contribution in [3.8, 4) is 0 Å². The second-order valence-electron chi connectivity index (χ2n) is 6.63. The fourth-order valence-electron chi connectivity index (χ4n) is 3.82. The second kappa shape index (κ2) is 6.96. The zero-order valence-corrected chi connectivity index (χ0v) is 16.6. The SMILES string of the molecule is c1ccc2c(c1)c1ccccc1n2CC1CNCC[O][Ge]2([O]CC[O]2)[O]1. The first kappa shape index (κ1) is 16.7. The molecule has 2 aliphatic heterocycles. The Morgan fingerprint density at radius 1 is 0.885 bits per heavy atom. The summed E-state index contributed by atoms with van der Waals surface area (Å²) in [5.74, 6) is 0. The average Bonchev–Trinajstić information content (AvgIpc) is 3.24. The van der Waals surface area contributed by atoms with Gasteiger partial charge in [-0.15, -0.1) is 0 Å². The van der Waals surface area contributed by atoms with Crippen molar-refractivity contribution in [2.75, 3.05) is 32.9 Å². The van der Waals surface area contributed by atoms with Gasteiger partial charge < -0.3 is 0 Å². The van der Waals surface area contributed by atoms with Gasteiger partial charge in [-0.05, 0) is 0 Å². The zero-order valence-electron chi connectivity index (χ0n) is 14.5. The first-order valence-electron chi connectivity index (χ1n) is 9.11. The monoisotopic (exact) mass is 416 g/mol. The van der Waals surface area contributed by atoms with Crippen molar-refractivity contribution in [3.05, 3.63) is 48.5 Å². The Balaban J connectivity index is 1.53. The third kappa shape index (κ3) is 2.96. The zero-order chi connectivity index (χ0) is 17.4. The van der Waals surface area contributed by atoms with Gasteiger partial charge in [-0.1, -0.05) is 0 Å². The molecule has 3 aromatic rings. The van der Waals surface area contributed by atoms with Gasteiger partial charge in [0, 0.05) is 0 Å². The van der Waals surface area contributed by atoms with Crippen molar-refractivity contribution in [1.29, 1.82) is 0 Å². The summed E-state index contributed by atoms with van der Waals surface area (Å²) in [7, 11) is 0. The summed E-state index contributed by atoms with van der Waals surface area (Å²) >= 11 is -3.56. The molecule has 1 aromatic heterocycles. The summed E-state index contributed by atoms with van der Waals surface area (Å²) in [6.07, 6.45) is -0.0624. The fourth-order valence-corrected chi connectivity index (χ4v) is 8.10. The van der Waals surface area contributed by atoms with Gasteiger partial charge in [0.25, 0.3) is 0 Å². The van der Waals surface area contributed by atoms with E-state index in [1.165, 1.54) is 21.8 Å². The van der Waals surface area contributed by atoms with Crippen LogP contribution < -0.4 is 5.32 Å². The minimum absolute atomic E-state index is 0.0624. The molecule has 1 unspecified atom stereocenters. The van der Waals surface area contributed by atoms with Gasteiger partial charge in [-0.3, -0.25) is 0 Å². The molecular weight excluding hydrogens is 393 g/mol. The molecule has 2 saturated heterocycles. The number of nitrogens with zero attached hydrogens (tertiary/aromatic N) is 1. The molecule has 2 aromatic carbocycles. The van der Waals surface area contributed by atoms with Gasteiger partial charge in [0.2, 0.25) is 0 Å². The molecule has 0 saturated carbocycles. The number of rotatable bonds is 2. The van der Waals surface area contributed by atoms with Crippen LogP contribution in [0.3, 0.4) is 0 Å². The van der Waals surface area contributed by atoms with Crippen molar-refractivity contribution in [3.63, 3.8) is 0 Å². The number of para-hydroxylation sites is 2. The molecule has 1 N–H and O–H groups in total. The Morgan fingerprint density at radius 2 is 1.50 bits per heavy atom. The predicted octanol–water partition coefficient (Wildman–Crippen LogP) is 2.28. The van der Waals surface area contributed by atoms with E-state index in [-0.39, 0.29) is 6.10 Å². The van der Waals surface area contributed by atoms with Crippen LogP contribution in [0.25, 0.3) is 21.8 Å². The summed E-state index contributed by atoms with van der Waals surface area (Å²) in [6, 6.07) is 17.0. The van der Waals surface area contributed by atoms with E-state index in [0.29, 0.717) is 19.8 Å². The van der Waals surface area contributed by atoms with Gasteiger partial charge in [0.1, 0.15) is 0 Å². The van der Waals surface area contributed by atoms with E-state index in [0.717, 1.165) is 19.6 Å².